The number of amides is 1. The Morgan fingerprint density at radius 3 is 2.82 bits per heavy atom. The number of para-hydroxylation sites is 2. The predicted octanol–water partition coefficient (Wildman–Crippen LogP) is 2.06. The number of nitrogens with one attached hydrogen (secondary N) is 1. The minimum atomic E-state index is -0.735. The first-order chi connectivity index (χ1) is 10.7. The van der Waals surface area contributed by atoms with Crippen LogP contribution in [0.5, 0.6) is 17.2 Å². The maximum atomic E-state index is 12.3. The number of benzene rings is 2. The van der Waals surface area contributed by atoms with E-state index in [0.29, 0.717) is 28.6 Å². The summed E-state index contributed by atoms with van der Waals surface area (Å²) in [6.07, 6.45) is -0.735. The van der Waals surface area contributed by atoms with E-state index in [-0.39, 0.29) is 12.5 Å². The van der Waals surface area contributed by atoms with Crippen LogP contribution in [0.4, 0.5) is 11.4 Å². The molecule has 1 aliphatic heterocycles. The van der Waals surface area contributed by atoms with Crippen molar-refractivity contribution >= 4 is 17.3 Å². The van der Waals surface area contributed by atoms with E-state index < -0.39 is 6.10 Å². The second kappa shape index (κ2) is 5.85. The molecule has 0 aliphatic carbocycles. The number of carbonyl (C=O) groups is 1. The molecule has 0 saturated carbocycles. The van der Waals surface area contributed by atoms with Crippen LogP contribution in [0.15, 0.2) is 42.5 Å². The van der Waals surface area contributed by atoms with Crippen LogP contribution in [-0.4, -0.2) is 25.7 Å². The highest BCUT2D eigenvalue weighted by Gasteiger charge is 2.27. The molecular weight excluding hydrogens is 284 g/mol. The van der Waals surface area contributed by atoms with Gasteiger partial charge in [0.05, 0.1) is 12.8 Å². The van der Waals surface area contributed by atoms with Crippen LogP contribution in [0.3, 0.4) is 0 Å². The molecule has 2 aromatic rings. The highest BCUT2D eigenvalue weighted by atomic mass is 16.6. The Hall–Kier alpha value is -2.89. The van der Waals surface area contributed by atoms with E-state index in [9.17, 15) is 4.79 Å². The van der Waals surface area contributed by atoms with Crippen LogP contribution >= 0.6 is 0 Å². The van der Waals surface area contributed by atoms with Crippen molar-refractivity contribution in [1.29, 1.82) is 0 Å². The van der Waals surface area contributed by atoms with Gasteiger partial charge < -0.3 is 25.3 Å². The summed E-state index contributed by atoms with van der Waals surface area (Å²) >= 11 is 0. The fourth-order valence-electron chi connectivity index (χ4n) is 2.19. The molecule has 0 fully saturated rings. The van der Waals surface area contributed by atoms with Gasteiger partial charge in [0.15, 0.2) is 11.5 Å². The standard InChI is InChI=1S/C16H16N2O4/c1-20-12-7-6-10(17)8-11(12)18-16(19)15-9-21-13-4-2-3-5-14(13)22-15/h2-8,15H,9,17H2,1H3,(H,18,19). The Bertz CT molecular complexity index is 702. The Labute approximate surface area is 127 Å². The number of anilines is 2. The van der Waals surface area contributed by atoms with E-state index in [0.717, 1.165) is 0 Å². The van der Waals surface area contributed by atoms with Crippen LogP contribution in [-0.2, 0) is 4.79 Å². The van der Waals surface area contributed by atoms with Crippen molar-refractivity contribution in [1.82, 2.24) is 0 Å². The quantitative estimate of drug-likeness (QED) is 0.848. The van der Waals surface area contributed by atoms with Gasteiger partial charge in [-0.15, -0.1) is 0 Å². The molecule has 0 radical (unpaired) electrons. The highest BCUT2D eigenvalue weighted by Crippen LogP contribution is 2.32. The Kier molecular flexibility index (Phi) is 3.74. The molecule has 0 aromatic heterocycles. The molecular formula is C16H16N2O4. The second-order valence-electron chi connectivity index (χ2n) is 4.81. The average molecular weight is 300 g/mol. The molecule has 114 valence electrons. The maximum Gasteiger partial charge on any atom is 0.269 e. The van der Waals surface area contributed by atoms with Gasteiger partial charge in [-0.3, -0.25) is 4.79 Å². The number of hydrogen-bond acceptors (Lipinski definition) is 5. The number of rotatable bonds is 3. The van der Waals surface area contributed by atoms with Crippen LogP contribution in [0.2, 0.25) is 0 Å². The van der Waals surface area contributed by atoms with Crippen molar-refractivity contribution in [2.45, 2.75) is 6.10 Å². The number of carbonyl (C=O) groups excluding carboxylic acids is 1. The molecule has 6 nitrogen and oxygen atoms in total. The van der Waals surface area contributed by atoms with Gasteiger partial charge in [0.25, 0.3) is 5.91 Å². The summed E-state index contributed by atoms with van der Waals surface area (Å²) in [4.78, 5) is 12.3. The molecule has 0 spiro atoms. The van der Waals surface area contributed by atoms with Gasteiger partial charge >= 0.3 is 0 Å². The van der Waals surface area contributed by atoms with Crippen LogP contribution < -0.4 is 25.3 Å². The molecule has 1 heterocycles. The van der Waals surface area contributed by atoms with Crippen LogP contribution in [0.1, 0.15) is 0 Å². The van der Waals surface area contributed by atoms with Gasteiger partial charge in [0.2, 0.25) is 6.10 Å². The van der Waals surface area contributed by atoms with Crippen LogP contribution in [0, 0.1) is 0 Å². The number of ether oxygens (including phenoxy) is 3. The summed E-state index contributed by atoms with van der Waals surface area (Å²) in [6.45, 7) is 0.146. The number of nitrogen functional groups attached to an aromatic ring is 1. The number of nitrogens with two attached hydrogens (primary N) is 1. The summed E-state index contributed by atoms with van der Waals surface area (Å²) in [5, 5.41) is 2.75. The first-order valence-electron chi connectivity index (χ1n) is 6.80. The summed E-state index contributed by atoms with van der Waals surface area (Å²) < 4.78 is 16.4. The molecule has 0 bridgehead atoms. The lowest BCUT2D eigenvalue weighted by molar-refractivity contribution is -0.125. The van der Waals surface area contributed by atoms with Crippen molar-refractivity contribution in [3.05, 3.63) is 42.5 Å². The lowest BCUT2D eigenvalue weighted by atomic mass is 10.2. The molecule has 1 amide bonds. The molecule has 3 N–H and O–H groups in total. The fraction of sp³-hybridized carbons (Fsp3) is 0.188. The topological polar surface area (TPSA) is 82.8 Å². The number of methoxy groups -OCH3 is 1. The molecule has 3 rings (SSSR count). The van der Waals surface area contributed by atoms with Gasteiger partial charge in [0.1, 0.15) is 12.4 Å². The molecule has 22 heavy (non-hydrogen) atoms. The van der Waals surface area contributed by atoms with Crippen molar-refractivity contribution in [2.75, 3.05) is 24.8 Å². The third-order valence-corrected chi connectivity index (χ3v) is 3.28. The third kappa shape index (κ3) is 2.76. The van der Waals surface area contributed by atoms with Crippen molar-refractivity contribution in [3.63, 3.8) is 0 Å². The monoisotopic (exact) mass is 300 g/mol. The average Bonchev–Trinajstić information content (AvgIpc) is 2.54. The lowest BCUT2D eigenvalue weighted by Gasteiger charge is -2.25. The zero-order valence-electron chi connectivity index (χ0n) is 12.0. The molecule has 6 heteroatoms. The largest absolute Gasteiger partial charge is 0.495 e. The van der Waals surface area contributed by atoms with Crippen molar-refractivity contribution in [3.8, 4) is 17.2 Å². The minimum absolute atomic E-state index is 0.146. The van der Waals surface area contributed by atoms with Gasteiger partial charge in [-0.05, 0) is 30.3 Å². The summed E-state index contributed by atoms with van der Waals surface area (Å²) in [7, 11) is 1.53. The van der Waals surface area contributed by atoms with Crippen molar-refractivity contribution < 1.29 is 19.0 Å². The van der Waals surface area contributed by atoms with E-state index in [1.54, 1.807) is 30.3 Å². The smallest absolute Gasteiger partial charge is 0.269 e. The maximum absolute atomic E-state index is 12.3. The third-order valence-electron chi connectivity index (χ3n) is 3.28. The van der Waals surface area contributed by atoms with E-state index in [1.165, 1.54) is 7.11 Å². The van der Waals surface area contributed by atoms with E-state index in [2.05, 4.69) is 5.32 Å². The summed E-state index contributed by atoms with van der Waals surface area (Å²) in [6, 6.07) is 12.3. The Morgan fingerprint density at radius 1 is 1.27 bits per heavy atom. The number of fused-ring (bicyclic) bond motifs is 1. The Morgan fingerprint density at radius 2 is 2.05 bits per heavy atom. The first kappa shape index (κ1) is 14.1. The summed E-state index contributed by atoms with van der Waals surface area (Å²) in [5.74, 6) is 1.39. The molecule has 2 aromatic carbocycles. The van der Waals surface area contributed by atoms with E-state index >= 15 is 0 Å². The predicted molar refractivity (Wildman–Crippen MR) is 82.4 cm³/mol. The SMILES string of the molecule is COc1ccc(N)cc1NC(=O)C1COc2ccccc2O1. The zero-order chi connectivity index (χ0) is 15.5. The highest BCUT2D eigenvalue weighted by molar-refractivity contribution is 5.96. The number of hydrogen-bond donors (Lipinski definition) is 2. The van der Waals surface area contributed by atoms with Gasteiger partial charge in [-0.2, -0.15) is 0 Å². The first-order valence-corrected chi connectivity index (χ1v) is 6.80. The summed E-state index contributed by atoms with van der Waals surface area (Å²) in [5.41, 5.74) is 6.76. The normalized spacial score (nSPS) is 16.0. The van der Waals surface area contributed by atoms with Gasteiger partial charge in [-0.1, -0.05) is 12.1 Å². The fourth-order valence-corrected chi connectivity index (χ4v) is 2.19. The molecule has 1 unspecified atom stereocenters. The van der Waals surface area contributed by atoms with Gasteiger partial charge in [-0.25, -0.2) is 0 Å². The van der Waals surface area contributed by atoms with E-state index in [1.807, 2.05) is 12.1 Å². The van der Waals surface area contributed by atoms with Gasteiger partial charge in [0, 0.05) is 5.69 Å². The van der Waals surface area contributed by atoms with E-state index in [4.69, 9.17) is 19.9 Å². The van der Waals surface area contributed by atoms with Crippen molar-refractivity contribution in [2.24, 2.45) is 0 Å². The Balaban J connectivity index is 1.75. The van der Waals surface area contributed by atoms with Crippen LogP contribution in [0.25, 0.3) is 0 Å². The zero-order valence-corrected chi connectivity index (χ0v) is 12.0. The molecule has 0 saturated heterocycles. The molecule has 1 aliphatic rings. The second-order valence-corrected chi connectivity index (χ2v) is 4.81. The molecule has 1 atom stereocenters. The lowest BCUT2D eigenvalue weighted by Crippen LogP contribution is -2.40. The minimum Gasteiger partial charge on any atom is -0.495 e.